The molecule has 0 aromatic heterocycles. The van der Waals surface area contributed by atoms with Gasteiger partial charge in [-0.2, -0.15) is 8.42 Å². The molecule has 0 aliphatic carbocycles. The topological polar surface area (TPSA) is 69.4 Å². The number of hydrogen-bond donors (Lipinski definition) is 1. The molecule has 0 heterocycles. The molecule has 2 rings (SSSR count). The van der Waals surface area contributed by atoms with Crippen LogP contribution in [-0.4, -0.2) is 8.42 Å². The van der Waals surface area contributed by atoms with Crippen LogP contribution >= 0.6 is 0 Å². The lowest BCUT2D eigenvalue weighted by Crippen LogP contribution is -2.11. The third kappa shape index (κ3) is 3.11. The number of hydrogen-bond acceptors (Lipinski definition) is 4. The molecule has 0 atom stereocenters. The maximum absolute atomic E-state index is 12.2. The van der Waals surface area contributed by atoms with Gasteiger partial charge in [0.1, 0.15) is 4.90 Å². The molecule has 0 aliphatic heterocycles. The molecule has 4 nitrogen and oxygen atoms in total. The number of nitrogens with two attached hydrogens (primary N) is 1. The van der Waals surface area contributed by atoms with Crippen LogP contribution in [0.15, 0.2) is 53.4 Å². The fourth-order valence-electron chi connectivity index (χ4n) is 1.74. The molecular weight excluding hydrogens is 274 g/mol. The van der Waals surface area contributed by atoms with Gasteiger partial charge in [0.25, 0.3) is 0 Å². The first-order valence-corrected chi connectivity index (χ1v) is 7.70. The summed E-state index contributed by atoms with van der Waals surface area (Å²) in [6, 6.07) is 13.2. The van der Waals surface area contributed by atoms with Gasteiger partial charge < -0.3 is 9.92 Å². The molecule has 2 N–H and O–H groups in total. The summed E-state index contributed by atoms with van der Waals surface area (Å²) in [5.41, 5.74) is 7.04. The molecule has 20 heavy (non-hydrogen) atoms. The minimum atomic E-state index is -3.86. The standard InChI is InChI=1S/C15H17NO3S/c1-11(2)12-7-9-13(10-8-12)20(17,18)19-15-6-4-3-5-14(15)16/h3-11H,16H2,1-2H3. The molecule has 106 valence electrons. The summed E-state index contributed by atoms with van der Waals surface area (Å²) in [5, 5.41) is 0. The van der Waals surface area contributed by atoms with Gasteiger partial charge in [0.05, 0.1) is 5.69 Å². The van der Waals surface area contributed by atoms with E-state index >= 15 is 0 Å². The Morgan fingerprint density at radius 3 is 2.15 bits per heavy atom. The van der Waals surface area contributed by atoms with E-state index in [9.17, 15) is 8.42 Å². The van der Waals surface area contributed by atoms with Gasteiger partial charge in [0, 0.05) is 0 Å². The Labute approximate surface area is 119 Å². The molecule has 2 aromatic rings. The Bertz CT molecular complexity index is 691. The van der Waals surface area contributed by atoms with Gasteiger partial charge in [-0.25, -0.2) is 0 Å². The van der Waals surface area contributed by atoms with Gasteiger partial charge in [-0.3, -0.25) is 0 Å². The average molecular weight is 291 g/mol. The first-order valence-electron chi connectivity index (χ1n) is 6.29. The maximum atomic E-state index is 12.2. The quantitative estimate of drug-likeness (QED) is 0.694. The summed E-state index contributed by atoms with van der Waals surface area (Å²) in [6.07, 6.45) is 0. The van der Waals surface area contributed by atoms with Gasteiger partial charge in [0.15, 0.2) is 5.75 Å². The molecule has 0 saturated carbocycles. The van der Waals surface area contributed by atoms with Crippen LogP contribution in [0.4, 0.5) is 5.69 Å². The van der Waals surface area contributed by atoms with Crippen molar-refractivity contribution in [3.8, 4) is 5.75 Å². The largest absolute Gasteiger partial charge is 0.396 e. The van der Waals surface area contributed by atoms with Gasteiger partial charge in [-0.15, -0.1) is 0 Å². The van der Waals surface area contributed by atoms with Crippen LogP contribution in [-0.2, 0) is 10.1 Å². The van der Waals surface area contributed by atoms with E-state index in [0.29, 0.717) is 5.92 Å². The predicted octanol–water partition coefficient (Wildman–Crippen LogP) is 3.16. The minimum absolute atomic E-state index is 0.116. The molecule has 0 fully saturated rings. The summed E-state index contributed by atoms with van der Waals surface area (Å²) >= 11 is 0. The van der Waals surface area contributed by atoms with Crippen LogP contribution < -0.4 is 9.92 Å². The van der Waals surface area contributed by atoms with Gasteiger partial charge in [0.2, 0.25) is 0 Å². The molecule has 0 aliphatic rings. The van der Waals surface area contributed by atoms with E-state index < -0.39 is 10.1 Å². The molecule has 0 amide bonds. The van der Waals surface area contributed by atoms with E-state index in [-0.39, 0.29) is 16.3 Å². The highest BCUT2D eigenvalue weighted by Gasteiger charge is 2.17. The highest BCUT2D eigenvalue weighted by molar-refractivity contribution is 7.87. The smallest absolute Gasteiger partial charge is 0.339 e. The Kier molecular flexibility index (Phi) is 3.99. The third-order valence-corrected chi connectivity index (χ3v) is 4.20. The fraction of sp³-hybridized carbons (Fsp3) is 0.200. The lowest BCUT2D eigenvalue weighted by Gasteiger charge is -2.10. The lowest BCUT2D eigenvalue weighted by atomic mass is 10.0. The highest BCUT2D eigenvalue weighted by atomic mass is 32.2. The van der Waals surface area contributed by atoms with E-state index in [2.05, 4.69) is 0 Å². The Hall–Kier alpha value is -2.01. The maximum Gasteiger partial charge on any atom is 0.339 e. The molecular formula is C15H17NO3S. The van der Waals surface area contributed by atoms with Crippen molar-refractivity contribution in [3.63, 3.8) is 0 Å². The fourth-order valence-corrected chi connectivity index (χ4v) is 2.70. The number of rotatable bonds is 4. The Morgan fingerprint density at radius 1 is 1.00 bits per heavy atom. The molecule has 0 radical (unpaired) electrons. The van der Waals surface area contributed by atoms with Crippen molar-refractivity contribution in [2.45, 2.75) is 24.7 Å². The Morgan fingerprint density at radius 2 is 1.60 bits per heavy atom. The van der Waals surface area contributed by atoms with Crippen molar-refractivity contribution in [2.24, 2.45) is 0 Å². The first-order chi connectivity index (χ1) is 9.40. The van der Waals surface area contributed by atoms with Crippen molar-refractivity contribution < 1.29 is 12.6 Å². The predicted molar refractivity (Wildman–Crippen MR) is 79.2 cm³/mol. The second-order valence-corrected chi connectivity index (χ2v) is 6.35. The lowest BCUT2D eigenvalue weighted by molar-refractivity contribution is 0.487. The number of benzene rings is 2. The molecule has 0 bridgehead atoms. The molecule has 5 heteroatoms. The van der Waals surface area contributed by atoms with Gasteiger partial charge in [-0.05, 0) is 35.7 Å². The van der Waals surface area contributed by atoms with Crippen molar-refractivity contribution in [1.82, 2.24) is 0 Å². The third-order valence-electron chi connectivity index (χ3n) is 2.95. The SMILES string of the molecule is CC(C)c1ccc(S(=O)(=O)Oc2ccccc2N)cc1. The van der Waals surface area contributed by atoms with Crippen LogP contribution in [0.3, 0.4) is 0 Å². The first kappa shape index (κ1) is 14.4. The van der Waals surface area contributed by atoms with Crippen LogP contribution in [0.1, 0.15) is 25.3 Å². The average Bonchev–Trinajstić information content (AvgIpc) is 2.41. The summed E-state index contributed by atoms with van der Waals surface area (Å²) in [6.45, 7) is 4.09. The summed E-state index contributed by atoms with van der Waals surface area (Å²) in [7, 11) is -3.86. The molecule has 0 unspecified atom stereocenters. The van der Waals surface area contributed by atoms with Crippen molar-refractivity contribution >= 4 is 15.8 Å². The van der Waals surface area contributed by atoms with E-state index in [1.807, 2.05) is 13.8 Å². The van der Waals surface area contributed by atoms with E-state index in [1.165, 1.54) is 6.07 Å². The molecule has 2 aromatic carbocycles. The monoisotopic (exact) mass is 291 g/mol. The zero-order valence-electron chi connectivity index (χ0n) is 11.4. The van der Waals surface area contributed by atoms with E-state index in [1.54, 1.807) is 42.5 Å². The number of para-hydroxylation sites is 2. The van der Waals surface area contributed by atoms with Crippen molar-refractivity contribution in [1.29, 1.82) is 0 Å². The van der Waals surface area contributed by atoms with Crippen LogP contribution in [0, 0.1) is 0 Å². The highest BCUT2D eigenvalue weighted by Crippen LogP contribution is 2.25. The van der Waals surface area contributed by atoms with E-state index in [4.69, 9.17) is 9.92 Å². The molecule has 0 saturated heterocycles. The zero-order chi connectivity index (χ0) is 14.8. The minimum Gasteiger partial charge on any atom is -0.396 e. The Balaban J connectivity index is 2.29. The number of anilines is 1. The van der Waals surface area contributed by atoms with Crippen molar-refractivity contribution in [3.05, 3.63) is 54.1 Å². The molecule has 0 spiro atoms. The zero-order valence-corrected chi connectivity index (χ0v) is 12.2. The van der Waals surface area contributed by atoms with Gasteiger partial charge >= 0.3 is 10.1 Å². The second kappa shape index (κ2) is 5.54. The summed E-state index contributed by atoms with van der Waals surface area (Å²) in [5.74, 6) is 0.484. The van der Waals surface area contributed by atoms with Crippen molar-refractivity contribution in [2.75, 3.05) is 5.73 Å². The van der Waals surface area contributed by atoms with Gasteiger partial charge in [-0.1, -0.05) is 38.1 Å². The number of nitrogen functional groups attached to an aromatic ring is 1. The van der Waals surface area contributed by atoms with E-state index in [0.717, 1.165) is 5.56 Å². The summed E-state index contributed by atoms with van der Waals surface area (Å²) in [4.78, 5) is 0.116. The van der Waals surface area contributed by atoms with Crippen LogP contribution in [0.5, 0.6) is 5.75 Å². The summed E-state index contributed by atoms with van der Waals surface area (Å²) < 4.78 is 29.4. The van der Waals surface area contributed by atoms with Crippen LogP contribution in [0.25, 0.3) is 0 Å². The second-order valence-electron chi connectivity index (χ2n) is 4.80. The van der Waals surface area contributed by atoms with Crippen LogP contribution in [0.2, 0.25) is 0 Å². The normalized spacial score (nSPS) is 11.6.